The van der Waals surface area contributed by atoms with Crippen LogP contribution in [0.1, 0.15) is 132 Å². The summed E-state index contributed by atoms with van der Waals surface area (Å²) in [4.78, 5) is 129. The maximum absolute atomic E-state index is 14.7. The van der Waals surface area contributed by atoms with Crippen LogP contribution in [0.2, 0.25) is 0 Å². The lowest BCUT2D eigenvalue weighted by Crippen LogP contribution is -2.60. The molecule has 3 heterocycles. The second kappa shape index (κ2) is 30.7. The Morgan fingerprint density at radius 1 is 0.857 bits per heavy atom. The van der Waals surface area contributed by atoms with Gasteiger partial charge in [0.25, 0.3) is 0 Å². The van der Waals surface area contributed by atoms with Crippen LogP contribution in [0.25, 0.3) is 10.9 Å². The van der Waals surface area contributed by atoms with E-state index in [-0.39, 0.29) is 90.6 Å². The summed E-state index contributed by atoms with van der Waals surface area (Å²) in [5, 5.41) is 6.41. The largest absolute Gasteiger partial charge is 0.379 e. The first-order chi connectivity index (χ1) is 36.5. The van der Waals surface area contributed by atoms with Crippen molar-refractivity contribution in [1.82, 2.24) is 46.1 Å². The number of aromatic nitrogens is 1. The van der Waals surface area contributed by atoms with Gasteiger partial charge in [-0.15, -0.1) is 0 Å². The van der Waals surface area contributed by atoms with Gasteiger partial charge in [0.05, 0.1) is 54.0 Å². The fraction of sp³-hybridized carbons (Fsp3) is 0.696. The van der Waals surface area contributed by atoms with Crippen LogP contribution in [-0.2, 0) is 59.0 Å². The molecule has 0 radical (unpaired) electrons. The number of aromatic amines is 1. The van der Waals surface area contributed by atoms with Gasteiger partial charge >= 0.3 is 0 Å². The molecule has 20 nitrogen and oxygen atoms in total. The number of para-hydroxylation sites is 1. The molecule has 0 aliphatic carbocycles. The highest BCUT2D eigenvalue weighted by Gasteiger charge is 2.44. The van der Waals surface area contributed by atoms with Crippen molar-refractivity contribution in [2.45, 2.75) is 180 Å². The Labute approximate surface area is 461 Å². The van der Waals surface area contributed by atoms with Crippen molar-refractivity contribution in [2.24, 2.45) is 23.7 Å². The number of hydrogen-bond acceptors (Lipinski definition) is 13. The number of imide groups is 1. The summed E-state index contributed by atoms with van der Waals surface area (Å²) in [5.41, 5.74) is 6.73. The Morgan fingerprint density at radius 3 is 2.10 bits per heavy atom. The van der Waals surface area contributed by atoms with Gasteiger partial charge in [-0.2, -0.15) is 12.6 Å². The van der Waals surface area contributed by atoms with Gasteiger partial charge in [-0.1, -0.05) is 79.5 Å². The second-order valence-electron chi connectivity index (χ2n) is 21.8. The van der Waals surface area contributed by atoms with E-state index < -0.39 is 59.5 Å². The number of rotatable bonds is 31. The Balaban J connectivity index is 1.32. The topological polar surface area (TPSA) is 249 Å². The van der Waals surface area contributed by atoms with Crippen molar-refractivity contribution in [1.29, 1.82) is 0 Å². The van der Waals surface area contributed by atoms with E-state index in [4.69, 9.17) is 9.47 Å². The van der Waals surface area contributed by atoms with E-state index in [0.717, 1.165) is 16.5 Å². The number of methoxy groups -OCH3 is 2. The van der Waals surface area contributed by atoms with E-state index in [2.05, 4.69) is 39.1 Å². The lowest BCUT2D eigenvalue weighted by molar-refractivity contribution is -0.148. The van der Waals surface area contributed by atoms with E-state index in [9.17, 15) is 43.2 Å². The zero-order chi connectivity index (χ0) is 57.3. The molecule has 5 N–H and O–H groups in total. The predicted octanol–water partition coefficient (Wildman–Crippen LogP) is 4.35. The van der Waals surface area contributed by atoms with E-state index in [1.807, 2.05) is 76.9 Å². The molecule has 0 spiro atoms. The first-order valence-corrected chi connectivity index (χ1v) is 28.1. The molecular weight excluding hydrogens is 1010 g/mol. The second-order valence-corrected chi connectivity index (χ2v) is 22.5. The first-order valence-electron chi connectivity index (χ1n) is 27.6. The Morgan fingerprint density at radius 2 is 1.52 bits per heavy atom. The van der Waals surface area contributed by atoms with Gasteiger partial charge < -0.3 is 34.9 Å². The lowest BCUT2D eigenvalue weighted by Gasteiger charge is -2.41. The number of unbranched alkanes of at least 4 members (excludes halogenated alkanes) is 2. The zero-order valence-electron chi connectivity index (χ0n) is 47.6. The molecule has 2 aliphatic rings. The minimum Gasteiger partial charge on any atom is -0.379 e. The molecule has 2 aliphatic heterocycles. The average molecular weight is 1100 g/mol. The van der Waals surface area contributed by atoms with Gasteiger partial charge in [-0.05, 0) is 82.0 Å². The zero-order valence-corrected chi connectivity index (χ0v) is 48.5. The molecule has 2 saturated heterocycles. The first kappa shape index (κ1) is 64.1. The number of nitrogens with one attached hydrogen (secondary N) is 5. The van der Waals surface area contributed by atoms with Crippen LogP contribution in [0.15, 0.2) is 30.5 Å². The van der Waals surface area contributed by atoms with Gasteiger partial charge in [0.15, 0.2) is 5.78 Å². The van der Waals surface area contributed by atoms with Gasteiger partial charge in [-0.3, -0.25) is 63.8 Å². The molecule has 10 atom stereocenters. The Hall–Kier alpha value is -5.38. The van der Waals surface area contributed by atoms with Crippen LogP contribution in [0.4, 0.5) is 0 Å². The van der Waals surface area contributed by atoms with Crippen LogP contribution in [0.5, 0.6) is 0 Å². The molecule has 1 aromatic heterocycles. The number of carbonyl (C=O) groups is 9. The number of ether oxygens (including phenoxy) is 2. The number of thiol groups is 1. The maximum atomic E-state index is 14.7. The minimum atomic E-state index is -0.918. The average Bonchev–Trinajstić information content (AvgIpc) is 4.10. The quantitative estimate of drug-likeness (QED) is 0.0267. The van der Waals surface area contributed by atoms with Crippen molar-refractivity contribution in [2.75, 3.05) is 47.9 Å². The fourth-order valence-corrected chi connectivity index (χ4v) is 11.2. The molecule has 2 aromatic rings. The number of amides is 8. The molecule has 8 amide bonds. The number of hydrazine groups is 1. The van der Waals surface area contributed by atoms with E-state index >= 15 is 0 Å². The highest BCUT2D eigenvalue weighted by Crippen LogP contribution is 2.30. The molecular formula is C56H89N9O11S. The number of hydrogen-bond donors (Lipinski definition) is 6. The molecule has 0 saturated carbocycles. The number of nitrogens with zero attached hydrogens (tertiary/aromatic N) is 4. The summed E-state index contributed by atoms with van der Waals surface area (Å²) in [7, 11) is 6.53. The fourth-order valence-electron chi connectivity index (χ4n) is 10.9. The van der Waals surface area contributed by atoms with Crippen molar-refractivity contribution in [3.63, 3.8) is 0 Å². The number of ketones is 1. The third-order valence-electron chi connectivity index (χ3n) is 15.5. The summed E-state index contributed by atoms with van der Waals surface area (Å²) in [6.45, 7) is 15.9. The standard InChI is InChI=1S/C56H89N9O11S/c1-13-35(6)51(43(75-11)30-47(69)64-28-19-23-42(64)52(76-12)36(7)53(71)58-41(37(8)66)29-38-32-57-40-22-17-16-21-39(38)40)63(10)56(74)49(33(2)3)59-54(72)50(34(4)5)62(9)26-20-25-46(68)61-60-45(67)24-15-14-18-27-65-48(70)31-44(77)55(65)73/h16-17,21-22,32-36,41-44,49-52,57,77H,13-15,18-20,23-31H2,1-12H3,(H,58,71)(H,59,72)(H,60,67)(H,61,68)/t35-,36+,41-,42-,43+,44?,49-,50-,51-,52+/m0/s1. The molecule has 1 unspecified atom stereocenters. The van der Waals surface area contributed by atoms with Gasteiger partial charge in [0.1, 0.15) is 6.04 Å². The SMILES string of the molecule is CC[C@H](C)[C@@H]([C@@H](CC(=O)N1CCC[C@H]1[C@H](OC)[C@@H](C)C(=O)N[C@@H](Cc1c[nH]c2ccccc12)C(C)=O)OC)N(C)C(=O)[C@@H](NC(=O)[C@H](C(C)C)N(C)CCCC(=O)NNC(=O)CCCCCN1C(=O)CC(S)C1=O)C(C)C. The van der Waals surface area contributed by atoms with Crippen molar-refractivity contribution in [3.05, 3.63) is 36.0 Å². The van der Waals surface area contributed by atoms with E-state index in [0.29, 0.717) is 71.0 Å². The number of fused-ring (bicyclic) bond motifs is 1. The Bertz CT molecular complexity index is 2350. The van der Waals surface area contributed by atoms with Crippen molar-refractivity contribution in [3.8, 4) is 0 Å². The molecule has 77 heavy (non-hydrogen) atoms. The monoisotopic (exact) mass is 1100 g/mol. The highest BCUT2D eigenvalue weighted by molar-refractivity contribution is 7.81. The van der Waals surface area contributed by atoms with Crippen LogP contribution in [0, 0.1) is 23.7 Å². The number of Topliss-reactive ketones (excluding diaryl/α,β-unsaturated/α-hetero) is 1. The number of H-pyrrole nitrogens is 1. The molecule has 1 aromatic carbocycles. The molecule has 2 fully saturated rings. The molecule has 0 bridgehead atoms. The van der Waals surface area contributed by atoms with Crippen LogP contribution < -0.4 is 21.5 Å². The maximum Gasteiger partial charge on any atom is 0.245 e. The number of carbonyl (C=O) groups excluding carboxylic acids is 9. The number of likely N-dealkylation sites (N-methyl/N-ethyl adjacent to an activating group) is 2. The summed E-state index contributed by atoms with van der Waals surface area (Å²) in [5.74, 6) is -3.99. The van der Waals surface area contributed by atoms with Crippen LogP contribution in [0.3, 0.4) is 0 Å². The van der Waals surface area contributed by atoms with Gasteiger partial charge in [0, 0.05) is 77.1 Å². The summed E-state index contributed by atoms with van der Waals surface area (Å²) in [6, 6.07) is 4.46. The van der Waals surface area contributed by atoms with Gasteiger partial charge in [-0.25, -0.2) is 0 Å². The summed E-state index contributed by atoms with van der Waals surface area (Å²) >= 11 is 4.13. The third-order valence-corrected chi connectivity index (χ3v) is 15.9. The normalized spacial score (nSPS) is 19.0. The van der Waals surface area contributed by atoms with E-state index in [1.165, 1.54) is 26.0 Å². The highest BCUT2D eigenvalue weighted by atomic mass is 32.1. The van der Waals surface area contributed by atoms with Crippen LogP contribution in [-0.4, -0.2) is 173 Å². The van der Waals surface area contributed by atoms with Crippen molar-refractivity contribution < 1.29 is 52.6 Å². The number of benzene rings is 1. The minimum absolute atomic E-state index is 0.0522. The van der Waals surface area contributed by atoms with Crippen molar-refractivity contribution >= 4 is 76.6 Å². The lowest BCUT2D eigenvalue weighted by atomic mass is 9.89. The molecule has 4 rings (SSSR count). The van der Waals surface area contributed by atoms with Crippen LogP contribution >= 0.6 is 12.6 Å². The Kier molecular flexibility index (Phi) is 25.6. The summed E-state index contributed by atoms with van der Waals surface area (Å²) < 4.78 is 12.1. The third kappa shape index (κ3) is 17.6. The van der Waals surface area contributed by atoms with Gasteiger partial charge in [0.2, 0.25) is 47.3 Å². The summed E-state index contributed by atoms with van der Waals surface area (Å²) in [6.07, 6.45) is 5.10. The predicted molar refractivity (Wildman–Crippen MR) is 297 cm³/mol. The molecule has 21 heteroatoms. The van der Waals surface area contributed by atoms with E-state index in [1.54, 1.807) is 30.8 Å². The molecule has 430 valence electrons. The smallest absolute Gasteiger partial charge is 0.245 e. The number of likely N-dealkylation sites (tertiary alicyclic amines) is 2.